The fourth-order valence-corrected chi connectivity index (χ4v) is 3.75. The molecule has 1 aliphatic carbocycles. The minimum Gasteiger partial charge on any atom is -0.370 e. The van der Waals surface area contributed by atoms with E-state index in [9.17, 15) is 0 Å². The van der Waals surface area contributed by atoms with Gasteiger partial charge in [-0.05, 0) is 42.5 Å². The Morgan fingerprint density at radius 2 is 2.10 bits per heavy atom. The molecule has 20 heavy (non-hydrogen) atoms. The Balaban J connectivity index is 1.63. The van der Waals surface area contributed by atoms with Crippen LogP contribution in [-0.2, 0) is 11.3 Å². The smallest absolute Gasteiger partial charge is 0.157 e. The van der Waals surface area contributed by atoms with Crippen LogP contribution < -0.4 is 0 Å². The van der Waals surface area contributed by atoms with Crippen molar-refractivity contribution in [3.63, 3.8) is 0 Å². The molecule has 0 aromatic carbocycles. The van der Waals surface area contributed by atoms with Crippen LogP contribution in [0.2, 0.25) is 5.15 Å². The summed E-state index contributed by atoms with van der Waals surface area (Å²) in [6, 6.07) is 1.95. The summed E-state index contributed by atoms with van der Waals surface area (Å²) in [6.45, 7) is 5.12. The molecule has 0 bridgehead atoms. The van der Waals surface area contributed by atoms with Gasteiger partial charge in [0.05, 0.1) is 6.10 Å². The molecular weight excluding hydrogens is 292 g/mol. The summed E-state index contributed by atoms with van der Waals surface area (Å²) in [5.74, 6) is 0.690. The molecule has 1 aliphatic rings. The van der Waals surface area contributed by atoms with Crippen molar-refractivity contribution in [3.8, 4) is 0 Å². The first-order valence-electron chi connectivity index (χ1n) is 7.05. The van der Waals surface area contributed by atoms with Crippen molar-refractivity contribution in [3.05, 3.63) is 22.4 Å². The Labute approximate surface area is 128 Å². The maximum Gasteiger partial charge on any atom is 0.157 e. The maximum atomic E-state index is 6.16. The van der Waals surface area contributed by atoms with Crippen LogP contribution in [0.4, 0.5) is 0 Å². The van der Waals surface area contributed by atoms with E-state index in [0.717, 1.165) is 23.1 Å². The van der Waals surface area contributed by atoms with Gasteiger partial charge in [0.2, 0.25) is 0 Å². The predicted molar refractivity (Wildman–Crippen MR) is 83.3 cm³/mol. The minimum absolute atomic E-state index is 0.337. The van der Waals surface area contributed by atoms with Gasteiger partial charge in [0.1, 0.15) is 16.6 Å². The number of nitrogens with zero attached hydrogens (tertiary/aromatic N) is 2. The molecule has 0 unspecified atom stereocenters. The molecule has 3 rings (SSSR count). The van der Waals surface area contributed by atoms with Gasteiger partial charge in [-0.1, -0.05) is 25.4 Å². The average Bonchev–Trinajstić information content (AvgIpc) is 2.86. The van der Waals surface area contributed by atoms with Gasteiger partial charge in [0, 0.05) is 5.39 Å². The summed E-state index contributed by atoms with van der Waals surface area (Å²) in [7, 11) is 0. The number of thiophene rings is 1. The zero-order valence-electron chi connectivity index (χ0n) is 11.9. The van der Waals surface area contributed by atoms with Crippen LogP contribution in [0.25, 0.3) is 10.2 Å². The van der Waals surface area contributed by atoms with Crippen molar-refractivity contribution in [2.45, 2.75) is 52.2 Å². The molecule has 1 fully saturated rings. The Morgan fingerprint density at radius 3 is 2.85 bits per heavy atom. The molecule has 108 valence electrons. The number of hydrogen-bond acceptors (Lipinski definition) is 4. The molecule has 3 nitrogen and oxygen atoms in total. The van der Waals surface area contributed by atoms with Crippen molar-refractivity contribution < 1.29 is 4.74 Å². The van der Waals surface area contributed by atoms with Crippen LogP contribution in [0.15, 0.2) is 11.4 Å². The third kappa shape index (κ3) is 3.13. The highest BCUT2D eigenvalue weighted by Gasteiger charge is 2.27. The third-order valence-corrected chi connectivity index (χ3v) is 5.15. The van der Waals surface area contributed by atoms with E-state index in [1.807, 2.05) is 11.4 Å². The number of fused-ring (bicyclic) bond motifs is 1. The van der Waals surface area contributed by atoms with E-state index in [0.29, 0.717) is 29.1 Å². The number of halogens is 1. The number of hydrogen-bond donors (Lipinski definition) is 0. The number of ether oxygens (including phenoxy) is 1. The molecule has 0 radical (unpaired) electrons. The average molecular weight is 311 g/mol. The molecule has 0 amide bonds. The first-order chi connectivity index (χ1) is 9.53. The second-order valence-corrected chi connectivity index (χ2v) is 7.50. The van der Waals surface area contributed by atoms with Gasteiger partial charge in [-0.25, -0.2) is 9.97 Å². The molecule has 0 saturated heterocycles. The maximum absolute atomic E-state index is 6.16. The first kappa shape index (κ1) is 14.2. The predicted octanol–water partition coefficient (Wildman–Crippen LogP) is 4.83. The van der Waals surface area contributed by atoms with Crippen LogP contribution in [0.1, 0.15) is 45.4 Å². The molecule has 2 heterocycles. The largest absolute Gasteiger partial charge is 0.370 e. The van der Waals surface area contributed by atoms with Gasteiger partial charge in [0.15, 0.2) is 5.82 Å². The van der Waals surface area contributed by atoms with E-state index in [4.69, 9.17) is 16.3 Å². The molecule has 1 saturated carbocycles. The van der Waals surface area contributed by atoms with Gasteiger partial charge < -0.3 is 4.74 Å². The van der Waals surface area contributed by atoms with E-state index < -0.39 is 0 Å². The number of rotatable bonds is 3. The lowest BCUT2D eigenvalue weighted by Crippen LogP contribution is -2.26. The van der Waals surface area contributed by atoms with Crippen molar-refractivity contribution in [2.24, 2.45) is 5.41 Å². The minimum atomic E-state index is 0.337. The summed E-state index contributed by atoms with van der Waals surface area (Å²) in [4.78, 5) is 9.77. The van der Waals surface area contributed by atoms with Gasteiger partial charge in [-0.3, -0.25) is 0 Å². The highest BCUT2D eigenvalue weighted by molar-refractivity contribution is 7.16. The zero-order chi connectivity index (χ0) is 14.2. The van der Waals surface area contributed by atoms with Crippen molar-refractivity contribution in [1.82, 2.24) is 9.97 Å². The van der Waals surface area contributed by atoms with E-state index in [1.165, 1.54) is 12.8 Å². The second-order valence-electron chi connectivity index (χ2n) is 6.24. The van der Waals surface area contributed by atoms with Crippen LogP contribution in [0, 0.1) is 5.41 Å². The summed E-state index contributed by atoms with van der Waals surface area (Å²) >= 11 is 7.75. The lowest BCUT2D eigenvalue weighted by molar-refractivity contribution is -0.00817. The topological polar surface area (TPSA) is 35.0 Å². The molecule has 0 spiro atoms. The molecule has 0 atom stereocenters. The molecule has 0 N–H and O–H groups in total. The van der Waals surface area contributed by atoms with E-state index in [1.54, 1.807) is 11.3 Å². The normalized spacial score (nSPS) is 19.6. The van der Waals surface area contributed by atoms with Crippen molar-refractivity contribution in [1.29, 1.82) is 0 Å². The summed E-state index contributed by atoms with van der Waals surface area (Å²) < 4.78 is 5.96. The highest BCUT2D eigenvalue weighted by atomic mass is 35.5. The number of aromatic nitrogens is 2. The summed E-state index contributed by atoms with van der Waals surface area (Å²) in [6.07, 6.45) is 5.04. The second kappa shape index (κ2) is 5.58. The van der Waals surface area contributed by atoms with Crippen molar-refractivity contribution in [2.75, 3.05) is 0 Å². The quantitative estimate of drug-likeness (QED) is 0.762. The highest BCUT2D eigenvalue weighted by Crippen LogP contribution is 2.36. The SMILES string of the molecule is CC1(C)CCC(OCc2nc(Cl)c3ccsc3n2)CC1. The Hall–Kier alpha value is -0.710. The van der Waals surface area contributed by atoms with Gasteiger partial charge in [-0.2, -0.15) is 0 Å². The third-order valence-electron chi connectivity index (χ3n) is 4.06. The molecule has 5 heteroatoms. The zero-order valence-corrected chi connectivity index (χ0v) is 13.4. The Kier molecular flexibility index (Phi) is 3.98. The molecule has 0 aliphatic heterocycles. The Bertz CT molecular complexity index is 601. The summed E-state index contributed by atoms with van der Waals surface area (Å²) in [5.41, 5.74) is 0.468. The van der Waals surface area contributed by atoms with Crippen molar-refractivity contribution >= 4 is 33.2 Å². The van der Waals surface area contributed by atoms with Gasteiger partial charge in [-0.15, -0.1) is 11.3 Å². The van der Waals surface area contributed by atoms with Gasteiger partial charge >= 0.3 is 0 Å². The van der Waals surface area contributed by atoms with E-state index in [2.05, 4.69) is 23.8 Å². The Morgan fingerprint density at radius 1 is 1.35 bits per heavy atom. The molecule has 2 aromatic heterocycles. The lowest BCUT2D eigenvalue weighted by Gasteiger charge is -2.34. The van der Waals surface area contributed by atoms with E-state index in [-0.39, 0.29) is 0 Å². The summed E-state index contributed by atoms with van der Waals surface area (Å²) in [5, 5.41) is 3.44. The van der Waals surface area contributed by atoms with Gasteiger partial charge in [0.25, 0.3) is 0 Å². The molecular formula is C15H19ClN2OS. The van der Waals surface area contributed by atoms with Crippen LogP contribution in [0.3, 0.4) is 0 Å². The first-order valence-corrected chi connectivity index (χ1v) is 8.30. The van der Waals surface area contributed by atoms with Crippen LogP contribution in [0.5, 0.6) is 0 Å². The fourth-order valence-electron chi connectivity index (χ4n) is 2.66. The monoisotopic (exact) mass is 310 g/mol. The molecule has 2 aromatic rings. The van der Waals surface area contributed by atoms with Crippen LogP contribution in [-0.4, -0.2) is 16.1 Å². The lowest BCUT2D eigenvalue weighted by atomic mass is 9.76. The van der Waals surface area contributed by atoms with E-state index >= 15 is 0 Å². The van der Waals surface area contributed by atoms with Crippen LogP contribution >= 0.6 is 22.9 Å². The fraction of sp³-hybridized carbons (Fsp3) is 0.600. The standard InChI is InChI=1S/C15H19ClN2OS/c1-15(2)6-3-10(4-7-15)19-9-12-17-13(16)11-5-8-20-14(11)18-12/h5,8,10H,3-4,6-7,9H2,1-2H3.